The quantitative estimate of drug-likeness (QED) is 0.432. The molecule has 2 N–H and O–H groups in total. The molecule has 2 aromatic rings. The average Bonchev–Trinajstić information content (AvgIpc) is 2.97. The number of hydrogen-bond donors (Lipinski definition) is 2. The van der Waals surface area contributed by atoms with Crippen molar-refractivity contribution in [3.8, 4) is 0 Å². The van der Waals surface area contributed by atoms with Crippen LogP contribution in [-0.4, -0.2) is 31.3 Å². The number of nitrogens with zero attached hydrogens (tertiary/aromatic N) is 1. The van der Waals surface area contributed by atoms with Crippen LogP contribution in [0.2, 0.25) is 0 Å². The molecule has 3 rings (SSSR count). The molecule has 1 aliphatic heterocycles. The van der Waals surface area contributed by atoms with Crippen LogP contribution in [0.1, 0.15) is 19.6 Å². The number of rotatable bonds is 5. The highest BCUT2D eigenvalue weighted by Gasteiger charge is 2.38. The first-order valence-corrected chi connectivity index (χ1v) is 9.54. The second-order valence-electron chi connectivity index (χ2n) is 6.33. The number of cyclic esters (lactones) is 2. The first-order chi connectivity index (χ1) is 13.1. The summed E-state index contributed by atoms with van der Waals surface area (Å²) in [5.41, 5.74) is 0.133. The summed E-state index contributed by atoms with van der Waals surface area (Å²) in [4.78, 5) is 23.7. The van der Waals surface area contributed by atoms with Crippen LogP contribution in [0.5, 0.6) is 0 Å². The van der Waals surface area contributed by atoms with Gasteiger partial charge in [0.05, 0.1) is 4.90 Å². The highest BCUT2D eigenvalue weighted by atomic mass is 32.2. The van der Waals surface area contributed by atoms with Gasteiger partial charge in [0.25, 0.3) is 15.8 Å². The van der Waals surface area contributed by atoms with Crippen molar-refractivity contribution in [1.82, 2.24) is 5.16 Å². The summed E-state index contributed by atoms with van der Waals surface area (Å²) in [6, 6.07) is 7.06. The third kappa shape index (κ3) is 4.31. The molecule has 1 aliphatic rings. The zero-order valence-corrected chi connectivity index (χ0v) is 16.0. The van der Waals surface area contributed by atoms with Gasteiger partial charge in [0.15, 0.2) is 11.4 Å². The van der Waals surface area contributed by atoms with E-state index in [1.807, 2.05) is 0 Å². The van der Waals surface area contributed by atoms with E-state index in [0.29, 0.717) is 11.4 Å². The third-order valence-electron chi connectivity index (χ3n) is 3.53. The molecular weight excluding hydrogens is 390 g/mol. The molecule has 1 saturated heterocycles. The second kappa shape index (κ2) is 7.00. The molecule has 11 heteroatoms. The Morgan fingerprint density at radius 1 is 1.07 bits per heavy atom. The Labute approximate surface area is 160 Å². The Balaban J connectivity index is 1.71. The van der Waals surface area contributed by atoms with Crippen LogP contribution < -0.4 is 10.0 Å². The van der Waals surface area contributed by atoms with Crippen molar-refractivity contribution in [2.45, 2.75) is 31.5 Å². The lowest BCUT2D eigenvalue weighted by atomic mass is 10.2. The minimum Gasteiger partial charge on any atom is -0.419 e. The number of nitrogens with one attached hydrogen (secondary N) is 2. The Morgan fingerprint density at radius 3 is 2.21 bits per heavy atom. The molecule has 0 saturated carbocycles. The van der Waals surface area contributed by atoms with Crippen molar-refractivity contribution in [2.24, 2.45) is 0 Å². The zero-order valence-electron chi connectivity index (χ0n) is 15.2. The number of ether oxygens (including phenoxy) is 2. The molecule has 0 bridgehead atoms. The van der Waals surface area contributed by atoms with Gasteiger partial charge >= 0.3 is 11.9 Å². The fourth-order valence-electron chi connectivity index (χ4n) is 2.28. The molecule has 0 atom stereocenters. The summed E-state index contributed by atoms with van der Waals surface area (Å²) in [5, 5.41) is 6.30. The summed E-state index contributed by atoms with van der Waals surface area (Å²) >= 11 is 0. The van der Waals surface area contributed by atoms with Crippen LogP contribution in [0.15, 0.2) is 51.5 Å². The van der Waals surface area contributed by atoms with E-state index in [1.165, 1.54) is 44.2 Å². The fraction of sp³-hybridized carbons (Fsp3) is 0.235. The minimum absolute atomic E-state index is 0.00964. The highest BCUT2D eigenvalue weighted by molar-refractivity contribution is 7.92. The van der Waals surface area contributed by atoms with Gasteiger partial charge < -0.3 is 19.3 Å². The number of carbonyl (C=O) groups excluding carboxylic acids is 2. The number of esters is 2. The smallest absolute Gasteiger partial charge is 0.350 e. The van der Waals surface area contributed by atoms with Crippen LogP contribution in [0.4, 0.5) is 11.5 Å². The van der Waals surface area contributed by atoms with Crippen molar-refractivity contribution in [1.29, 1.82) is 0 Å². The molecular formula is C17H17N3O7S. The van der Waals surface area contributed by atoms with Crippen molar-refractivity contribution in [3.63, 3.8) is 0 Å². The Hall–Kier alpha value is -3.34. The molecule has 0 radical (unpaired) electrons. The lowest BCUT2D eigenvalue weighted by molar-refractivity contribution is -0.222. The maximum absolute atomic E-state index is 12.3. The van der Waals surface area contributed by atoms with E-state index in [9.17, 15) is 18.0 Å². The van der Waals surface area contributed by atoms with E-state index >= 15 is 0 Å². The van der Waals surface area contributed by atoms with Gasteiger partial charge in [0, 0.05) is 31.8 Å². The first kappa shape index (κ1) is 19.4. The highest BCUT2D eigenvalue weighted by Crippen LogP contribution is 2.23. The predicted molar refractivity (Wildman–Crippen MR) is 96.5 cm³/mol. The van der Waals surface area contributed by atoms with Crippen LogP contribution in [0.25, 0.3) is 0 Å². The van der Waals surface area contributed by atoms with Gasteiger partial charge in [0.1, 0.15) is 5.76 Å². The maximum atomic E-state index is 12.3. The van der Waals surface area contributed by atoms with Crippen molar-refractivity contribution in [2.75, 3.05) is 10.0 Å². The summed E-state index contributed by atoms with van der Waals surface area (Å²) in [5.74, 6) is -2.42. The number of aromatic nitrogens is 1. The molecule has 2 heterocycles. The monoisotopic (exact) mass is 407 g/mol. The van der Waals surface area contributed by atoms with E-state index in [1.54, 1.807) is 6.92 Å². The number of benzene rings is 1. The topological polar surface area (TPSA) is 137 Å². The molecule has 28 heavy (non-hydrogen) atoms. The van der Waals surface area contributed by atoms with Gasteiger partial charge in [-0.1, -0.05) is 5.16 Å². The van der Waals surface area contributed by atoms with Crippen LogP contribution in [-0.2, 0) is 29.1 Å². The molecule has 0 amide bonds. The lowest BCUT2D eigenvalue weighted by Gasteiger charge is -2.29. The van der Waals surface area contributed by atoms with E-state index < -0.39 is 27.7 Å². The zero-order chi connectivity index (χ0) is 20.5. The summed E-state index contributed by atoms with van der Waals surface area (Å²) in [6.45, 7) is 4.53. The number of sulfonamides is 1. The number of carbonyl (C=O) groups is 2. The Morgan fingerprint density at radius 2 is 1.68 bits per heavy atom. The summed E-state index contributed by atoms with van der Waals surface area (Å²) in [6.07, 6.45) is 1.14. The number of anilines is 2. The molecule has 148 valence electrons. The summed E-state index contributed by atoms with van der Waals surface area (Å²) in [7, 11) is -3.85. The summed E-state index contributed by atoms with van der Waals surface area (Å²) < 4.78 is 41.7. The molecule has 1 aromatic carbocycles. The van der Waals surface area contributed by atoms with E-state index in [-0.39, 0.29) is 16.3 Å². The van der Waals surface area contributed by atoms with Gasteiger partial charge in [0.2, 0.25) is 0 Å². The van der Waals surface area contributed by atoms with E-state index in [0.717, 1.165) is 6.20 Å². The number of hydrogen-bond acceptors (Lipinski definition) is 9. The second-order valence-corrected chi connectivity index (χ2v) is 8.02. The fourth-order valence-corrected chi connectivity index (χ4v) is 3.26. The Kier molecular flexibility index (Phi) is 4.86. The normalized spacial score (nSPS) is 16.2. The van der Waals surface area contributed by atoms with Crippen LogP contribution in [0, 0.1) is 6.92 Å². The first-order valence-electron chi connectivity index (χ1n) is 8.05. The van der Waals surface area contributed by atoms with Crippen molar-refractivity contribution < 1.29 is 32.0 Å². The molecule has 1 aromatic heterocycles. The van der Waals surface area contributed by atoms with Gasteiger partial charge in [-0.15, -0.1) is 0 Å². The van der Waals surface area contributed by atoms with Crippen molar-refractivity contribution in [3.05, 3.63) is 47.9 Å². The van der Waals surface area contributed by atoms with Gasteiger partial charge in [-0.25, -0.2) is 18.0 Å². The van der Waals surface area contributed by atoms with E-state index in [2.05, 4.69) is 15.2 Å². The SMILES string of the molecule is Cc1cc(NS(=O)(=O)c2ccc(NC=C3C(=O)OC(C)(C)OC3=O)cc2)no1. The third-order valence-corrected chi connectivity index (χ3v) is 4.90. The van der Waals surface area contributed by atoms with Gasteiger partial charge in [-0.05, 0) is 31.2 Å². The van der Waals surface area contributed by atoms with Crippen LogP contribution >= 0.6 is 0 Å². The Bertz CT molecular complexity index is 1030. The molecule has 0 aliphatic carbocycles. The molecule has 0 unspecified atom stereocenters. The van der Waals surface area contributed by atoms with Crippen LogP contribution in [0.3, 0.4) is 0 Å². The van der Waals surface area contributed by atoms with Gasteiger partial charge in [-0.2, -0.15) is 0 Å². The maximum Gasteiger partial charge on any atom is 0.350 e. The minimum atomic E-state index is -3.85. The van der Waals surface area contributed by atoms with E-state index in [4.69, 9.17) is 14.0 Å². The lowest BCUT2D eigenvalue weighted by Crippen LogP contribution is -2.42. The predicted octanol–water partition coefficient (Wildman–Crippen LogP) is 1.92. The molecule has 10 nitrogen and oxygen atoms in total. The standard InChI is InChI=1S/C17H17N3O7S/c1-10-8-14(19-27-10)20-28(23,24)12-6-4-11(5-7-12)18-9-13-15(21)25-17(2,3)26-16(13)22/h4-9,18H,1-3H3,(H,19,20). The number of aryl methyl sites for hydroxylation is 1. The average molecular weight is 407 g/mol. The largest absolute Gasteiger partial charge is 0.419 e. The molecule has 1 fully saturated rings. The molecule has 0 spiro atoms. The van der Waals surface area contributed by atoms with Gasteiger partial charge in [-0.3, -0.25) is 4.72 Å². The van der Waals surface area contributed by atoms with Crippen molar-refractivity contribution >= 4 is 33.5 Å².